The lowest BCUT2D eigenvalue weighted by atomic mass is 9.89. The topological polar surface area (TPSA) is 37.4 Å². The van der Waals surface area contributed by atoms with Crippen molar-refractivity contribution in [2.45, 2.75) is 251 Å². The Hall–Kier alpha value is -1.47. The molecule has 3 rings (SSSR count). The van der Waals surface area contributed by atoms with Crippen molar-refractivity contribution in [1.29, 1.82) is 0 Å². The number of benzene rings is 1. The summed E-state index contributed by atoms with van der Waals surface area (Å²) in [7, 11) is 6.47. The molecule has 6 nitrogen and oxygen atoms in total. The largest absolute Gasteiger partial charge is 0.361 e. The molecule has 0 aliphatic carbocycles. The Morgan fingerprint density at radius 3 is 1.31 bits per heavy atom. The normalized spacial score (nSPS) is 14.3. The maximum atomic E-state index is 4.18. The Morgan fingerprint density at radius 1 is 0.500 bits per heavy atom. The first-order valence-electron chi connectivity index (χ1n) is 27.7. The summed E-state index contributed by atoms with van der Waals surface area (Å²) >= 11 is 0. The second-order valence-electron chi connectivity index (χ2n) is 27.6. The zero-order valence-corrected chi connectivity index (χ0v) is 50.4. The van der Waals surface area contributed by atoms with Gasteiger partial charge >= 0.3 is 0 Å². The molecule has 6 heteroatoms. The maximum Gasteiger partial charge on any atom is 0.0851 e. The number of piperazine rings is 1. The number of hydrogen-bond acceptors (Lipinski definition) is 6. The minimum atomic E-state index is 0. The van der Waals surface area contributed by atoms with E-state index >= 15 is 0 Å². The molecule has 1 saturated heterocycles. The first kappa shape index (κ1) is 79.9. The highest BCUT2D eigenvalue weighted by atomic mass is 15.2. The summed E-state index contributed by atoms with van der Waals surface area (Å²) in [6.45, 7) is 59.1. The molecule has 1 aromatic carbocycles. The first-order chi connectivity index (χ1) is 30.7. The number of rotatable bonds is 18. The summed E-state index contributed by atoms with van der Waals surface area (Å²) in [5.74, 6) is 0. The monoisotopic (exact) mass is 991 g/mol. The lowest BCUT2D eigenvalue weighted by molar-refractivity contribution is 0.147. The van der Waals surface area contributed by atoms with E-state index in [4.69, 9.17) is 0 Å². The molecule has 2 aliphatic heterocycles. The van der Waals surface area contributed by atoms with Crippen molar-refractivity contribution in [3.05, 3.63) is 35.9 Å². The van der Waals surface area contributed by atoms with Gasteiger partial charge in [0.1, 0.15) is 0 Å². The van der Waals surface area contributed by atoms with Crippen LogP contribution in [0.25, 0.3) is 0 Å². The zero-order chi connectivity index (χ0) is 52.2. The van der Waals surface area contributed by atoms with Crippen LogP contribution in [0.4, 0.5) is 0 Å². The van der Waals surface area contributed by atoms with E-state index in [1.54, 1.807) is 0 Å². The fourth-order valence-corrected chi connectivity index (χ4v) is 7.15. The van der Waals surface area contributed by atoms with E-state index in [9.17, 15) is 0 Å². The van der Waals surface area contributed by atoms with Crippen molar-refractivity contribution in [1.82, 2.24) is 24.9 Å². The van der Waals surface area contributed by atoms with Crippen LogP contribution >= 0.6 is 0 Å². The van der Waals surface area contributed by atoms with Crippen molar-refractivity contribution in [2.24, 2.45) is 37.5 Å². The van der Waals surface area contributed by atoms with Gasteiger partial charge in [0.25, 0.3) is 0 Å². The lowest BCUT2D eigenvalue weighted by Gasteiger charge is -2.32. The molecular formula is C64H138N6. The van der Waals surface area contributed by atoms with Gasteiger partial charge in [-0.2, -0.15) is 0 Å². The van der Waals surface area contributed by atoms with Crippen LogP contribution in [-0.4, -0.2) is 119 Å². The van der Waals surface area contributed by atoms with Crippen LogP contribution in [0.5, 0.6) is 0 Å². The fourth-order valence-electron chi connectivity index (χ4n) is 7.15. The molecule has 424 valence electrons. The van der Waals surface area contributed by atoms with Gasteiger partial charge < -0.3 is 24.9 Å². The summed E-state index contributed by atoms with van der Waals surface area (Å²) in [5.41, 5.74) is 4.46. The van der Waals surface area contributed by atoms with Gasteiger partial charge in [0, 0.05) is 39.3 Å². The van der Waals surface area contributed by atoms with Gasteiger partial charge in [-0.25, -0.2) is 0 Å². The van der Waals surface area contributed by atoms with Crippen molar-refractivity contribution in [3.63, 3.8) is 0 Å². The average molecular weight is 992 g/mol. The Labute approximate surface area is 446 Å². The van der Waals surface area contributed by atoms with Crippen LogP contribution in [0.1, 0.15) is 250 Å². The number of aliphatic imine (C=N–C) groups is 1. The number of aryl methyl sites for hydroxylation is 1. The minimum absolute atomic E-state index is 0. The smallest absolute Gasteiger partial charge is 0.0851 e. The molecular weight excluding hydrogens is 853 g/mol. The molecule has 0 saturated carbocycles. The van der Waals surface area contributed by atoms with Crippen molar-refractivity contribution >= 4 is 6.34 Å². The van der Waals surface area contributed by atoms with Gasteiger partial charge in [-0.1, -0.05) is 204 Å². The van der Waals surface area contributed by atoms with E-state index in [0.717, 1.165) is 13.1 Å². The van der Waals surface area contributed by atoms with E-state index in [1.165, 1.54) is 154 Å². The second kappa shape index (κ2) is 43.9. The molecule has 0 atom stereocenters. The third-order valence-electron chi connectivity index (χ3n) is 11.7. The average Bonchev–Trinajstić information content (AvgIpc) is 3.70. The van der Waals surface area contributed by atoms with Crippen LogP contribution in [-0.2, 0) is 6.42 Å². The van der Waals surface area contributed by atoms with E-state index in [1.807, 2.05) is 6.34 Å². The summed E-state index contributed by atoms with van der Waals surface area (Å²) in [6.07, 6.45) is 20.3. The van der Waals surface area contributed by atoms with Gasteiger partial charge in [0.2, 0.25) is 0 Å². The first-order valence-corrected chi connectivity index (χ1v) is 27.7. The molecule has 0 amide bonds. The van der Waals surface area contributed by atoms with Crippen LogP contribution in [0.15, 0.2) is 35.3 Å². The fraction of sp³-hybridized carbons (Fsp3) is 0.891. The third kappa shape index (κ3) is 70.8. The van der Waals surface area contributed by atoms with Crippen LogP contribution in [0, 0.1) is 32.5 Å². The highest BCUT2D eigenvalue weighted by Crippen LogP contribution is 2.24. The van der Waals surface area contributed by atoms with Crippen molar-refractivity contribution < 1.29 is 0 Å². The minimum Gasteiger partial charge on any atom is -0.361 e. The van der Waals surface area contributed by atoms with Gasteiger partial charge in [0.15, 0.2) is 0 Å². The molecule has 70 heavy (non-hydrogen) atoms. The standard InChI is InChI=1S/C12H26N2.C12H18.C10H20N2.C10H23N.C9H21N.C8H18.3CH4/c1-12(2,3)6-5-7-14-10-8-13(4)9-11-14;1-12(2,3)10-9-11-7-5-4-6-8-11;1-10(2,3)5-4-7-12-8-6-11-9-12;1-5-8-11-9-6-7-10(2,3)4;1-9(2,3)7-6-8-10(4)5;1-5-6-7-8(2,3)4;;;/h5-11H2,1-4H3;4-8H,9-10H2,1-3H3;9H,4-8H2,1-3H3;11H,5-9H2,1-4H3;6-8H2,1-5H3;5-7H2,1-4H3;3*1H4. The summed E-state index contributed by atoms with van der Waals surface area (Å²) < 4.78 is 0. The molecule has 0 unspecified atom stereocenters. The van der Waals surface area contributed by atoms with Gasteiger partial charge in [-0.15, -0.1) is 0 Å². The summed E-state index contributed by atoms with van der Waals surface area (Å²) in [6, 6.07) is 10.7. The van der Waals surface area contributed by atoms with E-state index in [0.29, 0.717) is 32.5 Å². The molecule has 1 fully saturated rings. The van der Waals surface area contributed by atoms with Gasteiger partial charge in [-0.05, 0) is 162 Å². The third-order valence-corrected chi connectivity index (χ3v) is 11.7. The maximum absolute atomic E-state index is 4.18. The number of unbranched alkanes of at least 4 members (excludes halogenated alkanes) is 1. The van der Waals surface area contributed by atoms with E-state index < -0.39 is 0 Å². The SMILES string of the molecule is C.C.C.CC(C)(C)CCCN1C=NCC1.CC(C)(C)CCc1ccccc1.CCCCC(C)(C)C.CCCNCCCC(C)(C)C.CN(C)CCCC(C)(C)C.CN1CCN(CCCC(C)(C)C)CC1. The number of nitrogens with zero attached hydrogens (tertiary/aromatic N) is 5. The van der Waals surface area contributed by atoms with E-state index in [2.05, 4.69) is 220 Å². The molecule has 1 N–H and O–H groups in total. The predicted molar refractivity (Wildman–Crippen MR) is 329 cm³/mol. The van der Waals surface area contributed by atoms with Crippen molar-refractivity contribution in [2.75, 3.05) is 93.1 Å². The lowest BCUT2D eigenvalue weighted by Crippen LogP contribution is -2.44. The van der Waals surface area contributed by atoms with E-state index in [-0.39, 0.29) is 22.3 Å². The summed E-state index contributed by atoms with van der Waals surface area (Å²) in [5, 5.41) is 3.41. The molecule has 0 bridgehead atoms. The Balaban J connectivity index is -0.000000175. The molecule has 0 spiro atoms. The number of likely N-dealkylation sites (N-methyl/N-ethyl adjacent to an activating group) is 1. The number of hydrogen-bond donors (Lipinski definition) is 1. The quantitative estimate of drug-likeness (QED) is 0.148. The van der Waals surface area contributed by atoms with Crippen LogP contribution < -0.4 is 5.32 Å². The second-order valence-corrected chi connectivity index (χ2v) is 27.6. The number of nitrogens with one attached hydrogen (secondary N) is 1. The van der Waals surface area contributed by atoms with Crippen molar-refractivity contribution in [3.8, 4) is 0 Å². The molecule has 0 radical (unpaired) electrons. The Kier molecular flexibility index (Phi) is 50.1. The van der Waals surface area contributed by atoms with Gasteiger partial charge in [-0.3, -0.25) is 4.99 Å². The Bertz CT molecular complexity index is 1220. The van der Waals surface area contributed by atoms with Crippen LogP contribution in [0.3, 0.4) is 0 Å². The molecule has 2 aliphatic rings. The van der Waals surface area contributed by atoms with Gasteiger partial charge in [0.05, 0.1) is 12.9 Å². The highest BCUT2D eigenvalue weighted by Gasteiger charge is 2.16. The molecule has 2 heterocycles. The zero-order valence-electron chi connectivity index (χ0n) is 50.4. The predicted octanol–water partition coefficient (Wildman–Crippen LogP) is 18.2. The highest BCUT2D eigenvalue weighted by molar-refractivity contribution is 5.56. The molecule has 1 aromatic rings. The summed E-state index contributed by atoms with van der Waals surface area (Å²) in [4.78, 5) is 13.8. The Morgan fingerprint density at radius 2 is 0.929 bits per heavy atom. The molecule has 0 aromatic heterocycles. The van der Waals surface area contributed by atoms with Crippen LogP contribution in [0.2, 0.25) is 0 Å².